The van der Waals surface area contributed by atoms with Crippen molar-refractivity contribution in [2.24, 2.45) is 0 Å². The third-order valence-electron chi connectivity index (χ3n) is 2.58. The Morgan fingerprint density at radius 3 is 2.35 bits per heavy atom. The van der Waals surface area contributed by atoms with E-state index in [0.717, 1.165) is 6.42 Å². The van der Waals surface area contributed by atoms with Crippen molar-refractivity contribution in [3.8, 4) is 5.75 Å². The average molecular weight is 300 g/mol. The van der Waals surface area contributed by atoms with Crippen molar-refractivity contribution < 1.29 is 13.2 Å². The summed E-state index contributed by atoms with van der Waals surface area (Å²) >= 11 is 0. The molecule has 0 aromatic heterocycles. The van der Waals surface area contributed by atoms with Crippen LogP contribution in [0.1, 0.15) is 27.2 Å². The molecule has 20 heavy (non-hydrogen) atoms. The van der Waals surface area contributed by atoms with Crippen molar-refractivity contribution in [3.63, 3.8) is 0 Å². The number of rotatable bonds is 9. The lowest BCUT2D eigenvalue weighted by Crippen LogP contribution is -2.34. The number of ether oxygens (including phenoxy) is 1. The summed E-state index contributed by atoms with van der Waals surface area (Å²) in [6, 6.07) is 6.81. The van der Waals surface area contributed by atoms with Gasteiger partial charge in [-0.1, -0.05) is 20.8 Å². The minimum atomic E-state index is -3.44. The topological polar surface area (TPSA) is 67.4 Å². The zero-order valence-corrected chi connectivity index (χ0v) is 13.2. The van der Waals surface area contributed by atoms with E-state index in [1.807, 2.05) is 20.8 Å². The van der Waals surface area contributed by atoms with E-state index in [9.17, 15) is 8.42 Å². The quantitative estimate of drug-likeness (QED) is 0.682. The van der Waals surface area contributed by atoms with E-state index in [4.69, 9.17) is 4.74 Å². The largest absolute Gasteiger partial charge is 0.494 e. The second-order valence-electron chi connectivity index (χ2n) is 4.83. The van der Waals surface area contributed by atoms with E-state index in [2.05, 4.69) is 10.0 Å². The van der Waals surface area contributed by atoms with Gasteiger partial charge in [0.15, 0.2) is 0 Å². The highest BCUT2D eigenvalue weighted by atomic mass is 32.2. The molecule has 0 unspecified atom stereocenters. The van der Waals surface area contributed by atoms with Gasteiger partial charge in [-0.2, -0.15) is 0 Å². The second kappa shape index (κ2) is 8.24. The first-order valence-corrected chi connectivity index (χ1v) is 8.40. The Labute approximate surface area is 121 Å². The Hall–Kier alpha value is -1.11. The van der Waals surface area contributed by atoms with Crippen LogP contribution in [0.3, 0.4) is 0 Å². The fraction of sp³-hybridized carbons (Fsp3) is 0.571. The molecule has 1 aromatic rings. The smallest absolute Gasteiger partial charge is 0.240 e. The summed E-state index contributed by atoms with van der Waals surface area (Å²) in [7, 11) is -3.44. The van der Waals surface area contributed by atoms with Crippen LogP contribution in [0, 0.1) is 0 Å². The summed E-state index contributed by atoms with van der Waals surface area (Å²) in [5.41, 5.74) is 0. The maximum Gasteiger partial charge on any atom is 0.240 e. The molecular formula is C14H24N2O3S. The van der Waals surface area contributed by atoms with Gasteiger partial charge in [0.2, 0.25) is 10.0 Å². The van der Waals surface area contributed by atoms with Crippen LogP contribution in [0.15, 0.2) is 29.2 Å². The van der Waals surface area contributed by atoms with Gasteiger partial charge in [0.25, 0.3) is 0 Å². The van der Waals surface area contributed by atoms with E-state index in [1.165, 1.54) is 0 Å². The third kappa shape index (κ3) is 5.90. The summed E-state index contributed by atoms with van der Waals surface area (Å²) in [6.07, 6.45) is 0.921. The summed E-state index contributed by atoms with van der Waals surface area (Å²) in [5.74, 6) is 0.687. The Bertz CT molecular complexity index is 484. The van der Waals surface area contributed by atoms with Crippen LogP contribution < -0.4 is 14.8 Å². The SMILES string of the molecule is CCCOc1ccc(S(=O)(=O)NCCNC(C)C)cc1. The second-order valence-corrected chi connectivity index (χ2v) is 6.59. The van der Waals surface area contributed by atoms with Crippen LogP contribution in [0.5, 0.6) is 5.75 Å². The molecule has 0 aliphatic heterocycles. The maximum atomic E-state index is 12.0. The van der Waals surface area contributed by atoms with Crippen LogP contribution in [-0.2, 0) is 10.0 Å². The molecule has 6 heteroatoms. The summed E-state index contributed by atoms with van der Waals surface area (Å²) in [5, 5.41) is 3.15. The van der Waals surface area contributed by atoms with Crippen molar-refractivity contribution in [2.75, 3.05) is 19.7 Å². The van der Waals surface area contributed by atoms with E-state index in [0.29, 0.717) is 31.5 Å². The highest BCUT2D eigenvalue weighted by Gasteiger charge is 2.13. The van der Waals surface area contributed by atoms with Crippen molar-refractivity contribution in [1.29, 1.82) is 0 Å². The van der Waals surface area contributed by atoms with Crippen LogP contribution in [0.4, 0.5) is 0 Å². The molecular weight excluding hydrogens is 276 g/mol. The van der Waals surface area contributed by atoms with Crippen molar-refractivity contribution in [3.05, 3.63) is 24.3 Å². The Balaban J connectivity index is 2.54. The summed E-state index contributed by atoms with van der Waals surface area (Å²) in [4.78, 5) is 0.255. The average Bonchev–Trinajstić information content (AvgIpc) is 2.42. The molecule has 0 aliphatic rings. The van der Waals surface area contributed by atoms with Crippen LogP contribution >= 0.6 is 0 Å². The van der Waals surface area contributed by atoms with E-state index in [-0.39, 0.29) is 4.90 Å². The predicted molar refractivity (Wildman–Crippen MR) is 80.6 cm³/mol. The lowest BCUT2D eigenvalue weighted by atomic mass is 10.3. The third-order valence-corrected chi connectivity index (χ3v) is 4.05. The van der Waals surface area contributed by atoms with Crippen molar-refractivity contribution in [2.45, 2.75) is 38.1 Å². The van der Waals surface area contributed by atoms with Gasteiger partial charge in [0.05, 0.1) is 11.5 Å². The molecule has 1 aromatic carbocycles. The van der Waals surface area contributed by atoms with Gasteiger partial charge in [-0.25, -0.2) is 13.1 Å². The molecule has 0 saturated carbocycles. The van der Waals surface area contributed by atoms with Crippen molar-refractivity contribution >= 4 is 10.0 Å². The fourth-order valence-corrected chi connectivity index (χ4v) is 2.60. The van der Waals surface area contributed by atoms with Gasteiger partial charge in [-0.15, -0.1) is 0 Å². The fourth-order valence-electron chi connectivity index (χ4n) is 1.56. The van der Waals surface area contributed by atoms with Crippen LogP contribution in [0.2, 0.25) is 0 Å². The van der Waals surface area contributed by atoms with E-state index in [1.54, 1.807) is 24.3 Å². The zero-order chi connectivity index (χ0) is 15.0. The number of nitrogens with one attached hydrogen (secondary N) is 2. The molecule has 2 N–H and O–H groups in total. The van der Waals surface area contributed by atoms with E-state index >= 15 is 0 Å². The van der Waals surface area contributed by atoms with Gasteiger partial charge in [-0.3, -0.25) is 0 Å². The molecule has 0 saturated heterocycles. The number of hydrogen-bond donors (Lipinski definition) is 2. The first-order valence-electron chi connectivity index (χ1n) is 6.91. The molecule has 0 amide bonds. The molecule has 0 heterocycles. The zero-order valence-electron chi connectivity index (χ0n) is 12.3. The minimum Gasteiger partial charge on any atom is -0.494 e. The molecule has 0 atom stereocenters. The molecule has 0 aliphatic carbocycles. The molecule has 0 spiro atoms. The molecule has 5 nitrogen and oxygen atoms in total. The number of benzene rings is 1. The van der Waals surface area contributed by atoms with Crippen LogP contribution in [0.25, 0.3) is 0 Å². The monoisotopic (exact) mass is 300 g/mol. The standard InChI is InChI=1S/C14H24N2O3S/c1-4-11-19-13-5-7-14(8-6-13)20(17,18)16-10-9-15-12(2)3/h5-8,12,15-16H,4,9-11H2,1-3H3. The summed E-state index contributed by atoms with van der Waals surface area (Å²) < 4.78 is 32.0. The Kier molecular flexibility index (Phi) is 6.98. The molecule has 1 rings (SSSR count). The van der Waals surface area contributed by atoms with Crippen molar-refractivity contribution in [1.82, 2.24) is 10.0 Å². The molecule has 114 valence electrons. The summed E-state index contributed by atoms with van der Waals surface area (Å²) in [6.45, 7) is 7.66. The lowest BCUT2D eigenvalue weighted by molar-refractivity contribution is 0.317. The maximum absolute atomic E-state index is 12.0. The normalized spacial score (nSPS) is 11.8. The minimum absolute atomic E-state index is 0.255. The Morgan fingerprint density at radius 2 is 1.80 bits per heavy atom. The van der Waals surface area contributed by atoms with Gasteiger partial charge < -0.3 is 10.1 Å². The lowest BCUT2D eigenvalue weighted by Gasteiger charge is -2.10. The van der Waals surface area contributed by atoms with E-state index < -0.39 is 10.0 Å². The number of sulfonamides is 1. The Morgan fingerprint density at radius 1 is 1.15 bits per heavy atom. The number of hydrogen-bond acceptors (Lipinski definition) is 4. The predicted octanol–water partition coefficient (Wildman–Crippen LogP) is 1.75. The molecule has 0 fully saturated rings. The first kappa shape index (κ1) is 16.9. The van der Waals surface area contributed by atoms with Gasteiger partial charge in [0.1, 0.15) is 5.75 Å². The highest BCUT2D eigenvalue weighted by Crippen LogP contribution is 2.15. The van der Waals surface area contributed by atoms with Crippen LogP contribution in [-0.4, -0.2) is 34.2 Å². The highest BCUT2D eigenvalue weighted by molar-refractivity contribution is 7.89. The van der Waals surface area contributed by atoms with Gasteiger partial charge >= 0.3 is 0 Å². The molecule has 0 radical (unpaired) electrons. The van der Waals surface area contributed by atoms with Gasteiger partial charge in [0, 0.05) is 19.1 Å². The van der Waals surface area contributed by atoms with Gasteiger partial charge in [-0.05, 0) is 30.7 Å². The molecule has 0 bridgehead atoms. The first-order chi connectivity index (χ1) is 9.45.